The highest BCUT2D eigenvalue weighted by Gasteiger charge is 2.37. The molecule has 2 heterocycles. The van der Waals surface area contributed by atoms with Crippen molar-refractivity contribution >= 4 is 29.4 Å². The van der Waals surface area contributed by atoms with Crippen molar-refractivity contribution in [2.45, 2.75) is 38.4 Å². The predicted octanol–water partition coefficient (Wildman–Crippen LogP) is 3.73. The van der Waals surface area contributed by atoms with E-state index >= 15 is 0 Å². The van der Waals surface area contributed by atoms with Crippen molar-refractivity contribution in [1.82, 2.24) is 20.4 Å². The van der Waals surface area contributed by atoms with Gasteiger partial charge in [0, 0.05) is 30.2 Å². The van der Waals surface area contributed by atoms with Gasteiger partial charge in [-0.15, -0.1) is 23.4 Å². The van der Waals surface area contributed by atoms with Crippen molar-refractivity contribution in [1.29, 1.82) is 0 Å². The van der Waals surface area contributed by atoms with Crippen LogP contribution in [0.1, 0.15) is 33.8 Å². The Bertz CT molecular complexity index is 1300. The molecule has 2 aromatic carbocycles. The molecule has 0 bridgehead atoms. The van der Waals surface area contributed by atoms with Crippen LogP contribution in [0, 0.1) is 0 Å². The Hall–Kier alpha value is -4.00. The maximum absolute atomic E-state index is 13.0. The zero-order valence-corrected chi connectivity index (χ0v) is 20.3. The van der Waals surface area contributed by atoms with Crippen molar-refractivity contribution < 1.29 is 37.0 Å². The van der Waals surface area contributed by atoms with Gasteiger partial charge in [0.05, 0.1) is 6.54 Å². The number of amides is 2. The van der Waals surface area contributed by atoms with Crippen molar-refractivity contribution in [3.8, 4) is 22.1 Å². The minimum absolute atomic E-state index is 0.0432. The van der Waals surface area contributed by atoms with Crippen LogP contribution in [-0.4, -0.2) is 52.6 Å². The largest absolute Gasteiger partial charge is 0.573 e. The fraction of sp³-hybridized carbons (Fsp3) is 0.292. The quantitative estimate of drug-likeness (QED) is 0.395. The van der Waals surface area contributed by atoms with Crippen molar-refractivity contribution in [3.63, 3.8) is 0 Å². The van der Waals surface area contributed by atoms with Crippen LogP contribution in [0.3, 0.4) is 0 Å². The standard InChI is InChI=1S/C24H21F3N4O5S/c1-28-21(33)18(5-3-11-32)31-12-17-16(23(31)34)4-2-6-19(17)35-13-20-29-30-22(37-20)14-7-9-15(10-8-14)36-24(25,26)27/h2,4,6-11,18H,3,5,12-13H2,1H3,(H,28,33). The maximum Gasteiger partial charge on any atom is 0.573 e. The molecule has 0 spiro atoms. The highest BCUT2D eigenvalue weighted by atomic mass is 32.1. The number of alkyl halides is 3. The lowest BCUT2D eigenvalue weighted by Gasteiger charge is -2.25. The molecule has 1 aromatic heterocycles. The summed E-state index contributed by atoms with van der Waals surface area (Å²) in [4.78, 5) is 37.7. The number of carbonyl (C=O) groups is 3. The van der Waals surface area contributed by atoms with E-state index in [9.17, 15) is 27.6 Å². The minimum atomic E-state index is -4.77. The molecule has 0 aliphatic carbocycles. The molecule has 0 saturated carbocycles. The van der Waals surface area contributed by atoms with Crippen LogP contribution < -0.4 is 14.8 Å². The summed E-state index contributed by atoms with van der Waals surface area (Å²) in [5.74, 6) is -0.568. The van der Waals surface area contributed by atoms with Crippen molar-refractivity contribution in [2.24, 2.45) is 0 Å². The molecule has 4 rings (SSSR count). The molecule has 37 heavy (non-hydrogen) atoms. The van der Waals surface area contributed by atoms with Crippen molar-refractivity contribution in [2.75, 3.05) is 7.05 Å². The third-order valence-corrected chi connectivity index (χ3v) is 6.53. The van der Waals surface area contributed by atoms with Crippen molar-refractivity contribution in [3.05, 3.63) is 58.6 Å². The van der Waals surface area contributed by atoms with Gasteiger partial charge in [0.1, 0.15) is 35.4 Å². The SMILES string of the molecule is CNC(=O)C(CCC=O)N1Cc2c(OCc3nnc(-c4ccc(OC(F)(F)F)cc4)s3)cccc2C1=O. The summed E-state index contributed by atoms with van der Waals surface area (Å²) in [7, 11) is 1.47. The summed E-state index contributed by atoms with van der Waals surface area (Å²) in [6.07, 6.45) is -3.72. The van der Waals surface area contributed by atoms with E-state index in [0.29, 0.717) is 38.7 Å². The smallest absolute Gasteiger partial charge is 0.486 e. The molecule has 1 atom stereocenters. The van der Waals surface area contributed by atoms with Crippen LogP contribution in [0.5, 0.6) is 11.5 Å². The van der Waals surface area contributed by atoms with E-state index in [1.54, 1.807) is 18.2 Å². The van der Waals surface area contributed by atoms with Gasteiger partial charge in [-0.05, 0) is 42.8 Å². The predicted molar refractivity (Wildman–Crippen MR) is 126 cm³/mol. The number of hydrogen-bond donors (Lipinski definition) is 1. The Morgan fingerprint density at radius 3 is 2.65 bits per heavy atom. The van der Waals surface area contributed by atoms with E-state index in [-0.39, 0.29) is 43.6 Å². The zero-order chi connectivity index (χ0) is 26.6. The Morgan fingerprint density at radius 1 is 1.22 bits per heavy atom. The molecule has 0 radical (unpaired) electrons. The van der Waals surface area contributed by atoms with Gasteiger partial charge in [-0.2, -0.15) is 0 Å². The molecular formula is C24H21F3N4O5S. The Balaban J connectivity index is 1.45. The highest BCUT2D eigenvalue weighted by Crippen LogP contribution is 2.34. The van der Waals surface area contributed by atoms with E-state index in [4.69, 9.17) is 4.74 Å². The molecule has 194 valence electrons. The minimum Gasteiger partial charge on any atom is -0.486 e. The van der Waals surface area contributed by atoms with E-state index in [0.717, 1.165) is 0 Å². The molecule has 3 aromatic rings. The third kappa shape index (κ3) is 6.05. The van der Waals surface area contributed by atoms with Crippen LogP contribution in [-0.2, 0) is 22.7 Å². The number of nitrogens with one attached hydrogen (secondary N) is 1. The number of halogens is 3. The number of aldehydes is 1. The van der Waals surface area contributed by atoms with Gasteiger partial charge in [-0.1, -0.05) is 17.4 Å². The summed E-state index contributed by atoms with van der Waals surface area (Å²) < 4.78 is 46.9. The van der Waals surface area contributed by atoms with Gasteiger partial charge >= 0.3 is 6.36 Å². The number of nitrogens with zero attached hydrogens (tertiary/aromatic N) is 3. The van der Waals surface area contributed by atoms with Gasteiger partial charge in [-0.25, -0.2) is 0 Å². The fourth-order valence-corrected chi connectivity index (χ4v) is 4.66. The maximum atomic E-state index is 13.0. The Morgan fingerprint density at radius 2 is 1.97 bits per heavy atom. The fourth-order valence-electron chi connectivity index (χ4n) is 3.90. The monoisotopic (exact) mass is 534 g/mol. The number of ether oxygens (including phenoxy) is 2. The number of aromatic nitrogens is 2. The van der Waals surface area contributed by atoms with E-state index in [1.807, 2.05) is 0 Å². The van der Waals surface area contributed by atoms with Gasteiger partial charge in [0.15, 0.2) is 5.01 Å². The molecule has 13 heteroatoms. The van der Waals surface area contributed by atoms with Crippen LogP contribution in [0.15, 0.2) is 42.5 Å². The first-order chi connectivity index (χ1) is 17.7. The number of fused-ring (bicyclic) bond motifs is 1. The van der Waals surface area contributed by atoms with Crippen LogP contribution in [0.2, 0.25) is 0 Å². The second kappa shape index (κ2) is 10.9. The van der Waals surface area contributed by atoms with Gasteiger partial charge < -0.3 is 24.5 Å². The molecule has 0 saturated heterocycles. The Labute approximate surface area is 213 Å². The lowest BCUT2D eigenvalue weighted by molar-refractivity contribution is -0.274. The number of hydrogen-bond acceptors (Lipinski definition) is 8. The van der Waals surface area contributed by atoms with Crippen LogP contribution >= 0.6 is 11.3 Å². The molecular weight excluding hydrogens is 513 g/mol. The first-order valence-electron chi connectivity index (χ1n) is 11.1. The van der Waals surface area contributed by atoms with E-state index in [2.05, 4.69) is 20.3 Å². The summed E-state index contributed by atoms with van der Waals surface area (Å²) in [5, 5.41) is 11.7. The molecule has 1 N–H and O–H groups in total. The first-order valence-corrected chi connectivity index (χ1v) is 11.9. The van der Waals surface area contributed by atoms with Gasteiger partial charge in [0.2, 0.25) is 5.91 Å². The second-order valence-corrected chi connectivity index (χ2v) is 9.01. The topological polar surface area (TPSA) is 111 Å². The summed E-state index contributed by atoms with van der Waals surface area (Å²) in [6.45, 7) is 0.191. The summed E-state index contributed by atoms with van der Waals surface area (Å²) in [6, 6.07) is 9.52. The average molecular weight is 535 g/mol. The number of likely N-dealkylation sites (N-methyl/N-ethyl adjacent to an activating group) is 1. The highest BCUT2D eigenvalue weighted by molar-refractivity contribution is 7.14. The van der Waals surface area contributed by atoms with E-state index in [1.165, 1.54) is 47.5 Å². The molecule has 1 aliphatic heterocycles. The zero-order valence-electron chi connectivity index (χ0n) is 19.4. The molecule has 9 nitrogen and oxygen atoms in total. The third-order valence-electron chi connectivity index (χ3n) is 5.59. The average Bonchev–Trinajstić information content (AvgIpc) is 3.47. The van der Waals surface area contributed by atoms with Crippen LogP contribution in [0.4, 0.5) is 13.2 Å². The van der Waals surface area contributed by atoms with Gasteiger partial charge in [0.25, 0.3) is 5.91 Å². The van der Waals surface area contributed by atoms with E-state index < -0.39 is 12.4 Å². The number of benzene rings is 2. The molecule has 2 amide bonds. The lowest BCUT2D eigenvalue weighted by atomic mass is 10.1. The normalized spacial score (nSPS) is 13.7. The van der Waals surface area contributed by atoms with Crippen LogP contribution in [0.25, 0.3) is 10.6 Å². The molecule has 0 fully saturated rings. The first kappa shape index (κ1) is 26.1. The number of rotatable bonds is 10. The Kier molecular flexibility index (Phi) is 7.71. The number of carbonyl (C=O) groups excluding carboxylic acids is 3. The summed E-state index contributed by atoms with van der Waals surface area (Å²) >= 11 is 1.21. The van der Waals surface area contributed by atoms with Gasteiger partial charge in [-0.3, -0.25) is 9.59 Å². The molecule has 1 aliphatic rings. The summed E-state index contributed by atoms with van der Waals surface area (Å²) in [5.41, 5.74) is 1.60. The molecule has 1 unspecified atom stereocenters. The second-order valence-electron chi connectivity index (χ2n) is 7.95. The lowest BCUT2D eigenvalue weighted by Crippen LogP contribution is -2.46.